The fourth-order valence-electron chi connectivity index (χ4n) is 2.97. The molecule has 0 N–H and O–H groups in total. The molecular formula is C18H35NO. The van der Waals surface area contributed by atoms with Crippen molar-refractivity contribution < 1.29 is 4.79 Å². The van der Waals surface area contributed by atoms with E-state index in [0.29, 0.717) is 11.9 Å². The van der Waals surface area contributed by atoms with Gasteiger partial charge in [-0.25, -0.2) is 0 Å². The van der Waals surface area contributed by atoms with Crippen LogP contribution in [0.1, 0.15) is 97.3 Å². The van der Waals surface area contributed by atoms with Crippen LogP contribution in [0, 0.1) is 0 Å². The van der Waals surface area contributed by atoms with Gasteiger partial charge in [-0.3, -0.25) is 4.79 Å². The van der Waals surface area contributed by atoms with Crippen molar-refractivity contribution in [1.29, 1.82) is 0 Å². The summed E-state index contributed by atoms with van der Waals surface area (Å²) in [6.07, 6.45) is 17.2. The average Bonchev–Trinajstić information content (AvgIpc) is 3.07. The molecule has 0 saturated carbocycles. The van der Waals surface area contributed by atoms with Crippen LogP contribution in [0.2, 0.25) is 0 Å². The van der Waals surface area contributed by atoms with Gasteiger partial charge in [-0.05, 0) is 12.8 Å². The molecule has 2 nitrogen and oxygen atoms in total. The molecule has 1 atom stereocenters. The summed E-state index contributed by atoms with van der Waals surface area (Å²) in [5, 5.41) is 0. The first-order valence-electron chi connectivity index (χ1n) is 9.11. The van der Waals surface area contributed by atoms with Crippen LogP contribution in [0.5, 0.6) is 0 Å². The van der Waals surface area contributed by atoms with Crippen LogP contribution in [0.15, 0.2) is 0 Å². The molecule has 1 heterocycles. The zero-order valence-corrected chi connectivity index (χ0v) is 13.8. The van der Waals surface area contributed by atoms with Gasteiger partial charge in [0.1, 0.15) is 6.04 Å². The monoisotopic (exact) mass is 281 g/mol. The summed E-state index contributed by atoms with van der Waals surface area (Å²) in [7, 11) is 0. The highest BCUT2D eigenvalue weighted by Gasteiger charge is 2.43. The fourth-order valence-corrected chi connectivity index (χ4v) is 2.97. The van der Waals surface area contributed by atoms with Crippen LogP contribution < -0.4 is 0 Å². The van der Waals surface area contributed by atoms with E-state index in [-0.39, 0.29) is 0 Å². The Kier molecular flexibility index (Phi) is 9.78. The van der Waals surface area contributed by atoms with Crippen molar-refractivity contribution in [2.45, 2.75) is 103 Å². The summed E-state index contributed by atoms with van der Waals surface area (Å²) in [6.45, 7) is 5.48. The third-order valence-corrected chi connectivity index (χ3v) is 4.46. The van der Waals surface area contributed by atoms with Crippen molar-refractivity contribution >= 4 is 5.91 Å². The number of nitrogens with zero attached hydrogens (tertiary/aromatic N) is 1. The SMILES string of the molecule is CCCCCCCCCCCCN1C(=O)C1CCCC. The molecule has 1 saturated heterocycles. The molecule has 118 valence electrons. The number of hydrogen-bond acceptors (Lipinski definition) is 1. The van der Waals surface area contributed by atoms with E-state index in [1.54, 1.807) is 0 Å². The predicted molar refractivity (Wildman–Crippen MR) is 86.9 cm³/mol. The van der Waals surface area contributed by atoms with E-state index in [1.165, 1.54) is 77.0 Å². The molecule has 0 aliphatic carbocycles. The lowest BCUT2D eigenvalue weighted by molar-refractivity contribution is -0.113. The van der Waals surface area contributed by atoms with Crippen molar-refractivity contribution in [1.82, 2.24) is 4.90 Å². The Morgan fingerprint density at radius 3 is 1.80 bits per heavy atom. The Bertz CT molecular complexity index is 252. The van der Waals surface area contributed by atoms with E-state index in [0.717, 1.165) is 13.0 Å². The second-order valence-electron chi connectivity index (χ2n) is 6.37. The number of unbranched alkanes of at least 4 members (excludes halogenated alkanes) is 10. The van der Waals surface area contributed by atoms with Crippen LogP contribution in [0.3, 0.4) is 0 Å². The Labute approximate surface area is 126 Å². The number of amides is 1. The predicted octanol–water partition coefficient (Wildman–Crippen LogP) is 5.31. The van der Waals surface area contributed by atoms with Crippen molar-refractivity contribution in [3.8, 4) is 0 Å². The van der Waals surface area contributed by atoms with Gasteiger partial charge in [0.05, 0.1) is 0 Å². The van der Waals surface area contributed by atoms with Crippen molar-refractivity contribution in [3.05, 3.63) is 0 Å². The summed E-state index contributed by atoms with van der Waals surface area (Å²) in [6, 6.07) is 0.300. The van der Waals surface area contributed by atoms with Gasteiger partial charge in [-0.2, -0.15) is 0 Å². The number of rotatable bonds is 14. The Hall–Kier alpha value is -0.530. The van der Waals surface area contributed by atoms with Gasteiger partial charge < -0.3 is 4.90 Å². The summed E-state index contributed by atoms with van der Waals surface area (Å²) >= 11 is 0. The zero-order valence-electron chi connectivity index (χ0n) is 13.8. The fraction of sp³-hybridized carbons (Fsp3) is 0.944. The molecule has 20 heavy (non-hydrogen) atoms. The van der Waals surface area contributed by atoms with Gasteiger partial charge in [-0.15, -0.1) is 0 Å². The van der Waals surface area contributed by atoms with Gasteiger partial charge in [0.15, 0.2) is 0 Å². The van der Waals surface area contributed by atoms with Gasteiger partial charge in [0.2, 0.25) is 5.91 Å². The largest absolute Gasteiger partial charge is 0.329 e. The third kappa shape index (κ3) is 7.31. The van der Waals surface area contributed by atoms with E-state index in [4.69, 9.17) is 0 Å². The normalized spacial score (nSPS) is 17.8. The molecule has 0 aromatic rings. The summed E-state index contributed by atoms with van der Waals surface area (Å²) < 4.78 is 0. The highest BCUT2D eigenvalue weighted by atomic mass is 16.2. The van der Waals surface area contributed by atoms with Crippen molar-refractivity contribution in [3.63, 3.8) is 0 Å². The second kappa shape index (κ2) is 11.2. The molecular weight excluding hydrogens is 246 g/mol. The Morgan fingerprint density at radius 2 is 1.25 bits per heavy atom. The van der Waals surface area contributed by atoms with Gasteiger partial charge >= 0.3 is 0 Å². The first-order chi connectivity index (χ1) is 9.81. The quantitative estimate of drug-likeness (QED) is 0.312. The lowest BCUT2D eigenvalue weighted by Gasteiger charge is -2.04. The topological polar surface area (TPSA) is 20.1 Å². The molecule has 0 aromatic heterocycles. The van der Waals surface area contributed by atoms with E-state index < -0.39 is 0 Å². The highest BCUT2D eigenvalue weighted by molar-refractivity contribution is 5.96. The molecule has 1 unspecified atom stereocenters. The number of carbonyl (C=O) groups is 1. The third-order valence-electron chi connectivity index (χ3n) is 4.46. The summed E-state index contributed by atoms with van der Waals surface area (Å²) in [5.74, 6) is 0.411. The van der Waals surface area contributed by atoms with Gasteiger partial charge in [0.25, 0.3) is 0 Å². The zero-order chi connectivity index (χ0) is 14.6. The summed E-state index contributed by atoms with van der Waals surface area (Å²) in [5.41, 5.74) is 0. The first-order valence-corrected chi connectivity index (χ1v) is 9.11. The molecule has 1 fully saturated rings. The maximum absolute atomic E-state index is 11.5. The van der Waals surface area contributed by atoms with Crippen LogP contribution in [-0.2, 0) is 4.79 Å². The molecule has 0 aromatic carbocycles. The standard InChI is InChI=1S/C18H35NO/c1-3-5-7-8-9-10-11-12-13-14-16-19-17(18(19)20)15-6-4-2/h17H,3-16H2,1-2H3. The molecule has 1 rings (SSSR count). The minimum absolute atomic E-state index is 0.300. The molecule has 1 amide bonds. The van der Waals surface area contributed by atoms with Crippen LogP contribution in [0.25, 0.3) is 0 Å². The van der Waals surface area contributed by atoms with E-state index in [1.807, 2.05) is 0 Å². The smallest absolute Gasteiger partial charge is 0.246 e. The molecule has 0 radical (unpaired) electrons. The Morgan fingerprint density at radius 1 is 0.750 bits per heavy atom. The van der Waals surface area contributed by atoms with Gasteiger partial charge in [-0.1, -0.05) is 84.5 Å². The minimum Gasteiger partial charge on any atom is -0.329 e. The molecule has 1 aliphatic rings. The van der Waals surface area contributed by atoms with Gasteiger partial charge in [0, 0.05) is 6.54 Å². The first kappa shape index (κ1) is 17.5. The Balaban J connectivity index is 1.80. The van der Waals surface area contributed by atoms with Crippen molar-refractivity contribution in [2.24, 2.45) is 0 Å². The highest BCUT2D eigenvalue weighted by Crippen LogP contribution is 2.25. The number of hydrogen-bond donors (Lipinski definition) is 0. The molecule has 1 aliphatic heterocycles. The lowest BCUT2D eigenvalue weighted by Crippen LogP contribution is -2.04. The number of carbonyl (C=O) groups excluding carboxylic acids is 1. The average molecular weight is 281 g/mol. The van der Waals surface area contributed by atoms with E-state index in [2.05, 4.69) is 18.7 Å². The van der Waals surface area contributed by atoms with Crippen LogP contribution in [0.4, 0.5) is 0 Å². The summed E-state index contributed by atoms with van der Waals surface area (Å²) in [4.78, 5) is 13.6. The lowest BCUT2D eigenvalue weighted by atomic mass is 10.1. The van der Waals surface area contributed by atoms with Crippen LogP contribution in [-0.4, -0.2) is 23.4 Å². The second-order valence-corrected chi connectivity index (χ2v) is 6.37. The molecule has 0 spiro atoms. The minimum atomic E-state index is 0.300. The van der Waals surface area contributed by atoms with E-state index >= 15 is 0 Å². The van der Waals surface area contributed by atoms with Crippen molar-refractivity contribution in [2.75, 3.05) is 6.54 Å². The maximum Gasteiger partial charge on any atom is 0.246 e. The molecule has 2 heteroatoms. The van der Waals surface area contributed by atoms with Crippen LogP contribution >= 0.6 is 0 Å². The van der Waals surface area contributed by atoms with E-state index in [9.17, 15) is 4.79 Å². The molecule has 0 bridgehead atoms. The maximum atomic E-state index is 11.5.